The van der Waals surface area contributed by atoms with Gasteiger partial charge in [-0.1, -0.05) is 88.8 Å². The first-order valence-electron chi connectivity index (χ1n) is 10.5. The van der Waals surface area contributed by atoms with Gasteiger partial charge < -0.3 is 5.11 Å². The van der Waals surface area contributed by atoms with Crippen LogP contribution in [0.5, 0.6) is 0 Å². The molecule has 0 saturated heterocycles. The molecule has 1 N–H and O–H groups in total. The topological polar surface area (TPSA) is 20.2 Å². The molecule has 0 aliphatic rings. The normalized spacial score (nSPS) is 14.9. The highest BCUT2D eigenvalue weighted by Gasteiger charge is 2.06. The van der Waals surface area contributed by atoms with Gasteiger partial charge in [-0.15, -0.1) is 0 Å². The van der Waals surface area contributed by atoms with Crippen molar-refractivity contribution in [2.45, 2.75) is 109 Å². The monoisotopic (exact) mass is 366 g/mol. The van der Waals surface area contributed by atoms with E-state index in [-0.39, 0.29) is 6.10 Å². The van der Waals surface area contributed by atoms with Crippen LogP contribution in [0.2, 0.25) is 0 Å². The van der Waals surface area contributed by atoms with E-state index in [1.165, 1.54) is 44.9 Å². The minimum Gasteiger partial charge on any atom is -0.393 e. The highest BCUT2D eigenvalue weighted by atomic mass is 32.1. The Balaban J connectivity index is 3.25. The van der Waals surface area contributed by atoms with Gasteiger partial charge in [-0.25, -0.2) is 0 Å². The third kappa shape index (κ3) is 21.5. The predicted molar refractivity (Wildman–Crippen MR) is 118 cm³/mol. The summed E-state index contributed by atoms with van der Waals surface area (Å²) in [4.78, 5) is 0. The molecule has 0 aromatic rings. The largest absolute Gasteiger partial charge is 0.393 e. The van der Waals surface area contributed by atoms with Crippen molar-refractivity contribution in [3.05, 3.63) is 36.5 Å². The Morgan fingerprint density at radius 2 is 1.28 bits per heavy atom. The fourth-order valence-electron chi connectivity index (χ4n) is 2.86. The third-order valence-corrected chi connectivity index (χ3v) is 4.51. The minimum atomic E-state index is -0.151. The van der Waals surface area contributed by atoms with E-state index >= 15 is 0 Å². The van der Waals surface area contributed by atoms with Crippen molar-refractivity contribution in [2.24, 2.45) is 0 Å². The zero-order valence-corrected chi connectivity index (χ0v) is 17.6. The molecule has 146 valence electrons. The number of hydrogen-bond donors (Lipinski definition) is 2. The molecule has 0 aromatic heterocycles. The van der Waals surface area contributed by atoms with E-state index in [2.05, 4.69) is 56.0 Å². The summed E-state index contributed by atoms with van der Waals surface area (Å²) in [5.41, 5.74) is 0. The van der Waals surface area contributed by atoms with Gasteiger partial charge in [0.1, 0.15) is 0 Å². The number of hydrogen-bond acceptors (Lipinski definition) is 2. The van der Waals surface area contributed by atoms with Gasteiger partial charge in [-0.2, -0.15) is 12.6 Å². The fourth-order valence-corrected chi connectivity index (χ4v) is 3.11. The van der Waals surface area contributed by atoms with E-state index in [0.29, 0.717) is 5.25 Å². The van der Waals surface area contributed by atoms with Gasteiger partial charge in [0.25, 0.3) is 0 Å². The Morgan fingerprint density at radius 3 is 1.88 bits per heavy atom. The van der Waals surface area contributed by atoms with E-state index in [9.17, 15) is 5.11 Å². The second-order valence-corrected chi connectivity index (χ2v) is 7.97. The number of allylic oxidation sites excluding steroid dienone is 6. The first kappa shape index (κ1) is 24.5. The summed E-state index contributed by atoms with van der Waals surface area (Å²) >= 11 is 4.33. The molecule has 0 aromatic carbocycles. The lowest BCUT2D eigenvalue weighted by Crippen LogP contribution is -2.11. The SMILES string of the molecule is CC/C=C/C/C=C/C/C=C/CCCCCCCCCC(O)CC(C)S. The first-order valence-corrected chi connectivity index (χ1v) is 11.0. The molecule has 0 amide bonds. The molecule has 25 heavy (non-hydrogen) atoms. The van der Waals surface area contributed by atoms with Gasteiger partial charge in [0.05, 0.1) is 6.10 Å². The van der Waals surface area contributed by atoms with Gasteiger partial charge in [-0.05, 0) is 44.9 Å². The van der Waals surface area contributed by atoms with E-state index in [1.807, 2.05) is 6.92 Å². The lowest BCUT2D eigenvalue weighted by molar-refractivity contribution is 0.151. The standard InChI is InChI=1S/C23H42OS/c1-3-4-5-6-7-8-9-10-11-12-13-14-15-16-17-18-19-20-23(24)21-22(2)25/h4-5,7-8,10-11,22-25H,3,6,9,12-21H2,1-2H3/b5-4+,8-7+,11-10+. The highest BCUT2D eigenvalue weighted by molar-refractivity contribution is 7.80. The fraction of sp³-hybridized carbons (Fsp3) is 0.739. The van der Waals surface area contributed by atoms with Crippen molar-refractivity contribution in [3.63, 3.8) is 0 Å². The van der Waals surface area contributed by atoms with Crippen LogP contribution in [-0.4, -0.2) is 16.5 Å². The van der Waals surface area contributed by atoms with Gasteiger partial charge in [0.15, 0.2) is 0 Å². The summed E-state index contributed by atoms with van der Waals surface area (Å²) in [6.07, 6.45) is 28.8. The van der Waals surface area contributed by atoms with Crippen LogP contribution >= 0.6 is 12.6 Å². The van der Waals surface area contributed by atoms with Crippen LogP contribution in [0.3, 0.4) is 0 Å². The van der Waals surface area contributed by atoms with Crippen LogP contribution in [0.1, 0.15) is 97.3 Å². The van der Waals surface area contributed by atoms with Crippen LogP contribution in [-0.2, 0) is 0 Å². The van der Waals surface area contributed by atoms with Crippen molar-refractivity contribution >= 4 is 12.6 Å². The summed E-state index contributed by atoms with van der Waals surface area (Å²) in [5, 5.41) is 10.1. The average molecular weight is 367 g/mol. The zero-order chi connectivity index (χ0) is 18.6. The lowest BCUT2D eigenvalue weighted by atomic mass is 10.0. The second-order valence-electron chi connectivity index (χ2n) is 7.08. The van der Waals surface area contributed by atoms with Crippen LogP contribution in [0.15, 0.2) is 36.5 Å². The zero-order valence-electron chi connectivity index (χ0n) is 16.7. The molecule has 1 nitrogen and oxygen atoms in total. The Hall–Kier alpha value is -0.470. The predicted octanol–water partition coefficient (Wildman–Crippen LogP) is 7.43. The number of rotatable bonds is 17. The molecule has 2 unspecified atom stereocenters. The Kier molecular flexibility index (Phi) is 19.5. The highest BCUT2D eigenvalue weighted by Crippen LogP contribution is 2.14. The van der Waals surface area contributed by atoms with Crippen LogP contribution in [0.4, 0.5) is 0 Å². The van der Waals surface area contributed by atoms with Gasteiger partial charge in [0.2, 0.25) is 0 Å². The number of unbranched alkanes of at least 4 members (excludes halogenated alkanes) is 7. The van der Waals surface area contributed by atoms with Gasteiger partial charge >= 0.3 is 0 Å². The molecular weight excluding hydrogens is 324 g/mol. The van der Waals surface area contributed by atoms with Gasteiger partial charge in [0, 0.05) is 5.25 Å². The van der Waals surface area contributed by atoms with E-state index in [1.54, 1.807) is 0 Å². The van der Waals surface area contributed by atoms with Crippen molar-refractivity contribution in [2.75, 3.05) is 0 Å². The molecular formula is C23H42OS. The van der Waals surface area contributed by atoms with Crippen LogP contribution in [0.25, 0.3) is 0 Å². The molecule has 0 bridgehead atoms. The summed E-state index contributed by atoms with van der Waals surface area (Å²) < 4.78 is 0. The lowest BCUT2D eigenvalue weighted by Gasteiger charge is -2.11. The Labute approximate surface area is 163 Å². The summed E-state index contributed by atoms with van der Waals surface area (Å²) in [6.45, 7) is 4.21. The van der Waals surface area contributed by atoms with E-state index in [0.717, 1.165) is 38.5 Å². The quantitative estimate of drug-likeness (QED) is 0.156. The molecule has 0 heterocycles. The van der Waals surface area contributed by atoms with Crippen molar-refractivity contribution < 1.29 is 5.11 Å². The van der Waals surface area contributed by atoms with Crippen LogP contribution < -0.4 is 0 Å². The smallest absolute Gasteiger partial charge is 0.0550 e. The van der Waals surface area contributed by atoms with Crippen molar-refractivity contribution in [1.29, 1.82) is 0 Å². The van der Waals surface area contributed by atoms with Crippen molar-refractivity contribution in [1.82, 2.24) is 0 Å². The maximum Gasteiger partial charge on any atom is 0.0550 e. The molecule has 0 aliphatic carbocycles. The average Bonchev–Trinajstić information content (AvgIpc) is 2.57. The van der Waals surface area contributed by atoms with Crippen molar-refractivity contribution in [3.8, 4) is 0 Å². The molecule has 0 saturated carbocycles. The van der Waals surface area contributed by atoms with Crippen LogP contribution in [0, 0.1) is 0 Å². The van der Waals surface area contributed by atoms with Gasteiger partial charge in [-0.3, -0.25) is 0 Å². The summed E-state index contributed by atoms with van der Waals surface area (Å²) in [6, 6.07) is 0. The second kappa shape index (κ2) is 19.8. The van der Waals surface area contributed by atoms with E-state index < -0.39 is 0 Å². The number of thiol groups is 1. The molecule has 0 spiro atoms. The molecule has 0 fully saturated rings. The molecule has 0 rings (SSSR count). The molecule has 0 radical (unpaired) electrons. The third-order valence-electron chi connectivity index (χ3n) is 4.30. The van der Waals surface area contributed by atoms with E-state index in [4.69, 9.17) is 0 Å². The number of aliphatic hydroxyl groups is 1. The maximum absolute atomic E-state index is 9.78. The molecule has 2 heteroatoms. The Bertz CT molecular complexity index is 344. The molecule has 2 atom stereocenters. The minimum absolute atomic E-state index is 0.151. The maximum atomic E-state index is 9.78. The summed E-state index contributed by atoms with van der Waals surface area (Å²) in [5.74, 6) is 0. The number of aliphatic hydroxyl groups excluding tert-OH is 1. The molecule has 0 aliphatic heterocycles. The first-order chi connectivity index (χ1) is 12.2. The Morgan fingerprint density at radius 1 is 0.760 bits per heavy atom. The summed E-state index contributed by atoms with van der Waals surface area (Å²) in [7, 11) is 0.